The zero-order valence-corrected chi connectivity index (χ0v) is 15.2. The van der Waals surface area contributed by atoms with Crippen LogP contribution < -0.4 is 17.0 Å². The van der Waals surface area contributed by atoms with E-state index in [9.17, 15) is 4.79 Å². The molecule has 0 radical (unpaired) electrons. The number of benzene rings is 2. The second kappa shape index (κ2) is 8.97. The molecule has 4 heteroatoms. The minimum atomic E-state index is -0.902. The van der Waals surface area contributed by atoms with Crippen molar-refractivity contribution >= 4 is 18.1 Å². The highest BCUT2D eigenvalue weighted by molar-refractivity contribution is 5.87. The lowest BCUT2D eigenvalue weighted by molar-refractivity contribution is -0.690. The first-order valence-electron chi connectivity index (χ1n) is 8.17. The topological polar surface area (TPSA) is 41.2 Å². The van der Waals surface area contributed by atoms with Gasteiger partial charge in [-0.15, -0.1) is 0 Å². The Bertz CT molecular complexity index is 900. The summed E-state index contributed by atoms with van der Waals surface area (Å²) in [5.41, 5.74) is 4.86. The Morgan fingerprint density at radius 2 is 1.65 bits per heavy atom. The Hall–Kier alpha value is -2.91. The van der Waals surface area contributed by atoms with Gasteiger partial charge in [0.15, 0.2) is 12.7 Å². The molecule has 1 N–H and O–H groups in total. The second-order valence-electron chi connectivity index (χ2n) is 6.00. The molecule has 0 atom stereocenters. The van der Waals surface area contributed by atoms with Gasteiger partial charge in [-0.05, 0) is 36.8 Å². The minimum Gasteiger partial charge on any atom is -1.00 e. The van der Waals surface area contributed by atoms with Crippen LogP contribution >= 0.6 is 0 Å². The van der Waals surface area contributed by atoms with Crippen molar-refractivity contribution in [3.63, 3.8) is 0 Å². The normalized spacial score (nSPS) is 10.5. The molecule has 0 aliphatic heterocycles. The Balaban J connectivity index is 0.00000243. The molecule has 0 fully saturated rings. The molecule has 3 nitrogen and oxygen atoms in total. The number of carboxylic acids is 1. The van der Waals surface area contributed by atoms with Crippen LogP contribution in [-0.2, 0) is 6.54 Å². The van der Waals surface area contributed by atoms with E-state index in [0.717, 1.165) is 16.8 Å². The highest BCUT2D eigenvalue weighted by atomic mass is 35.5. The molecule has 0 aliphatic rings. The highest BCUT2D eigenvalue weighted by Gasteiger charge is 2.09. The van der Waals surface area contributed by atoms with Crippen molar-refractivity contribution in [2.45, 2.75) is 13.5 Å². The third-order valence-corrected chi connectivity index (χ3v) is 4.05. The first-order valence-corrected chi connectivity index (χ1v) is 8.17. The van der Waals surface area contributed by atoms with Crippen LogP contribution in [0.15, 0.2) is 72.9 Å². The fourth-order valence-electron chi connectivity index (χ4n) is 2.59. The number of nitrogens with zero attached hydrogens (tertiary/aromatic N) is 1. The molecule has 1 aromatic heterocycles. The van der Waals surface area contributed by atoms with E-state index in [1.54, 1.807) is 12.1 Å². The molecule has 0 aliphatic carbocycles. The Morgan fingerprint density at radius 3 is 2.31 bits per heavy atom. The van der Waals surface area contributed by atoms with Crippen LogP contribution in [0.2, 0.25) is 0 Å². The molecule has 3 aromatic rings. The largest absolute Gasteiger partial charge is 1.00 e. The number of hydrogen-bond acceptors (Lipinski definition) is 1. The summed E-state index contributed by atoms with van der Waals surface area (Å²) in [6.07, 6.45) is 6.22. The maximum atomic E-state index is 11.0. The SMILES string of the molecule is Cc1ccc(/C=C/c2cccc[n+]2Cc2ccc(C(=O)O)cc2)cc1.[Cl-]. The predicted octanol–water partition coefficient (Wildman–Crippen LogP) is 1.20. The maximum absolute atomic E-state index is 11.0. The molecule has 0 spiro atoms. The van der Waals surface area contributed by atoms with Gasteiger partial charge in [0.25, 0.3) is 0 Å². The van der Waals surface area contributed by atoms with Crippen LogP contribution in [0, 0.1) is 6.92 Å². The number of rotatable bonds is 5. The zero-order chi connectivity index (χ0) is 17.6. The first kappa shape index (κ1) is 19.4. The minimum absolute atomic E-state index is 0. The summed E-state index contributed by atoms with van der Waals surface area (Å²) in [5, 5.41) is 8.99. The van der Waals surface area contributed by atoms with Crippen molar-refractivity contribution < 1.29 is 26.9 Å². The lowest BCUT2D eigenvalue weighted by Crippen LogP contribution is -3.00. The summed E-state index contributed by atoms with van der Waals surface area (Å²) in [6.45, 7) is 2.77. The highest BCUT2D eigenvalue weighted by Crippen LogP contribution is 2.09. The van der Waals surface area contributed by atoms with Gasteiger partial charge in [-0.25, -0.2) is 4.79 Å². The van der Waals surface area contributed by atoms with E-state index < -0.39 is 5.97 Å². The third kappa shape index (κ3) is 5.04. The van der Waals surface area contributed by atoms with E-state index >= 15 is 0 Å². The molecule has 132 valence electrons. The average Bonchev–Trinajstić information content (AvgIpc) is 2.63. The summed E-state index contributed by atoms with van der Waals surface area (Å²) in [6, 6.07) is 21.5. The molecule has 26 heavy (non-hydrogen) atoms. The van der Waals surface area contributed by atoms with Crippen LogP contribution in [0.4, 0.5) is 0 Å². The van der Waals surface area contributed by atoms with Crippen molar-refractivity contribution in [1.29, 1.82) is 0 Å². The van der Waals surface area contributed by atoms with E-state index in [1.807, 2.05) is 30.5 Å². The number of aryl methyl sites for hydroxylation is 1. The summed E-state index contributed by atoms with van der Waals surface area (Å²) < 4.78 is 2.14. The molecule has 0 saturated carbocycles. The van der Waals surface area contributed by atoms with Crippen molar-refractivity contribution in [3.8, 4) is 0 Å². The van der Waals surface area contributed by atoms with Gasteiger partial charge in [-0.1, -0.05) is 42.0 Å². The van der Waals surface area contributed by atoms with E-state index in [1.165, 1.54) is 5.56 Å². The fourth-order valence-corrected chi connectivity index (χ4v) is 2.59. The molecular formula is C22H20ClNO2. The first-order chi connectivity index (χ1) is 12.1. The Labute approximate surface area is 159 Å². The van der Waals surface area contributed by atoms with Gasteiger partial charge >= 0.3 is 5.97 Å². The number of halogens is 1. The number of hydrogen-bond donors (Lipinski definition) is 1. The molecule has 3 rings (SSSR count). The summed E-state index contributed by atoms with van der Waals surface area (Å²) in [4.78, 5) is 11.0. The van der Waals surface area contributed by atoms with Gasteiger partial charge in [0.1, 0.15) is 0 Å². The standard InChI is InChI=1S/C22H19NO2.ClH/c1-17-5-7-18(8-6-17)11-14-21-4-2-3-15-23(21)16-19-9-12-20(13-10-19)22(24)25;/h2-15H,16H2,1H3;1H/b14-11+;. The zero-order valence-electron chi connectivity index (χ0n) is 14.5. The van der Waals surface area contributed by atoms with Crippen molar-refractivity contribution in [3.05, 3.63) is 101 Å². The average molecular weight is 366 g/mol. The van der Waals surface area contributed by atoms with Crippen LogP contribution in [0.3, 0.4) is 0 Å². The lowest BCUT2D eigenvalue weighted by Gasteiger charge is -2.02. The summed E-state index contributed by atoms with van der Waals surface area (Å²) >= 11 is 0. The predicted molar refractivity (Wildman–Crippen MR) is 99.2 cm³/mol. The fraction of sp³-hybridized carbons (Fsp3) is 0.0909. The second-order valence-corrected chi connectivity index (χ2v) is 6.00. The molecule has 0 unspecified atom stereocenters. The Morgan fingerprint density at radius 1 is 0.962 bits per heavy atom. The molecule has 0 bridgehead atoms. The van der Waals surface area contributed by atoms with Gasteiger partial charge in [0.2, 0.25) is 5.69 Å². The van der Waals surface area contributed by atoms with Gasteiger partial charge in [-0.2, -0.15) is 4.57 Å². The van der Waals surface area contributed by atoms with Crippen LogP contribution in [0.5, 0.6) is 0 Å². The van der Waals surface area contributed by atoms with Gasteiger partial charge in [-0.3, -0.25) is 0 Å². The molecular weight excluding hydrogens is 346 g/mol. The van der Waals surface area contributed by atoms with Crippen molar-refractivity contribution in [2.75, 3.05) is 0 Å². The lowest BCUT2D eigenvalue weighted by atomic mass is 10.1. The molecule has 0 amide bonds. The quantitative estimate of drug-likeness (QED) is 0.690. The Kier molecular flexibility index (Phi) is 6.70. The molecule has 0 saturated heterocycles. The van der Waals surface area contributed by atoms with Crippen LogP contribution in [0.1, 0.15) is 32.7 Å². The number of aromatic carboxylic acids is 1. The summed E-state index contributed by atoms with van der Waals surface area (Å²) in [7, 11) is 0. The van der Waals surface area contributed by atoms with E-state index in [-0.39, 0.29) is 12.4 Å². The maximum Gasteiger partial charge on any atom is 0.335 e. The van der Waals surface area contributed by atoms with Crippen LogP contribution in [0.25, 0.3) is 12.2 Å². The van der Waals surface area contributed by atoms with E-state index in [0.29, 0.717) is 12.1 Å². The van der Waals surface area contributed by atoms with Crippen molar-refractivity contribution in [2.24, 2.45) is 0 Å². The number of aromatic nitrogens is 1. The third-order valence-electron chi connectivity index (χ3n) is 4.05. The number of carboxylic acid groups (broad SMARTS) is 1. The van der Waals surface area contributed by atoms with Crippen molar-refractivity contribution in [1.82, 2.24) is 0 Å². The van der Waals surface area contributed by atoms with Gasteiger partial charge in [0.05, 0.1) is 5.56 Å². The van der Waals surface area contributed by atoms with E-state index in [4.69, 9.17) is 5.11 Å². The molecule has 2 aromatic carbocycles. The smallest absolute Gasteiger partial charge is 0.335 e. The summed E-state index contributed by atoms with van der Waals surface area (Å²) in [5.74, 6) is -0.902. The molecule has 1 heterocycles. The monoisotopic (exact) mass is 365 g/mol. The number of carbonyl (C=O) groups is 1. The van der Waals surface area contributed by atoms with E-state index in [2.05, 4.69) is 54.0 Å². The van der Waals surface area contributed by atoms with Crippen LogP contribution in [-0.4, -0.2) is 11.1 Å². The number of pyridine rings is 1. The van der Waals surface area contributed by atoms with Gasteiger partial charge in [0, 0.05) is 23.8 Å². The van der Waals surface area contributed by atoms with Gasteiger partial charge < -0.3 is 17.5 Å².